The molecule has 1 aliphatic rings. The van der Waals surface area contributed by atoms with Gasteiger partial charge in [-0.15, -0.1) is 11.3 Å². The van der Waals surface area contributed by atoms with Crippen LogP contribution in [0.3, 0.4) is 0 Å². The molecule has 1 aromatic heterocycles. The van der Waals surface area contributed by atoms with Crippen LogP contribution >= 0.6 is 22.9 Å². The third-order valence-electron chi connectivity index (χ3n) is 4.19. The number of halogens is 1. The summed E-state index contributed by atoms with van der Waals surface area (Å²) in [6.07, 6.45) is -0.642. The number of benzene rings is 2. The number of esters is 1. The molecule has 4 rings (SSSR count). The lowest BCUT2D eigenvalue weighted by atomic mass is 10.1. The Bertz CT molecular complexity index is 1000. The fourth-order valence-electron chi connectivity index (χ4n) is 2.91. The number of carbonyl (C=O) groups is 1. The number of fused-ring (bicyclic) bond motifs is 1. The van der Waals surface area contributed by atoms with Crippen LogP contribution in [0, 0.1) is 0 Å². The standard InChI is InChI=1S/C19H15ClN2O4S/c1-24-14-8-7-12-15(16(14)25-2)18(23)26-17(12)22-19-21-13(9-27-19)10-3-5-11(20)6-4-10/h3-9,17H,1-2H3,(H,21,22)/t17-/m1/s1. The highest BCUT2D eigenvalue weighted by atomic mass is 35.5. The Labute approximate surface area is 164 Å². The van der Waals surface area contributed by atoms with Crippen molar-refractivity contribution in [2.45, 2.75) is 6.23 Å². The van der Waals surface area contributed by atoms with Crippen molar-refractivity contribution in [1.82, 2.24) is 4.98 Å². The molecule has 8 heteroatoms. The highest BCUT2D eigenvalue weighted by Gasteiger charge is 2.36. The number of hydrogen-bond acceptors (Lipinski definition) is 7. The number of carbonyl (C=O) groups excluding carboxylic acids is 1. The smallest absolute Gasteiger partial charge is 0.344 e. The van der Waals surface area contributed by atoms with Crippen LogP contribution in [0.1, 0.15) is 22.1 Å². The molecule has 6 nitrogen and oxygen atoms in total. The molecule has 0 saturated heterocycles. The minimum absolute atomic E-state index is 0.365. The predicted octanol–water partition coefficient (Wildman–Crippen LogP) is 4.76. The SMILES string of the molecule is COc1ccc2c(c1OC)C(=O)O[C@H]2Nc1nc(-c2ccc(Cl)cc2)cs1. The molecule has 0 bridgehead atoms. The van der Waals surface area contributed by atoms with Gasteiger partial charge in [0.25, 0.3) is 0 Å². The molecular weight excluding hydrogens is 388 g/mol. The summed E-state index contributed by atoms with van der Waals surface area (Å²) < 4.78 is 16.1. The molecule has 0 aliphatic carbocycles. The molecule has 0 unspecified atom stereocenters. The summed E-state index contributed by atoms with van der Waals surface area (Å²) >= 11 is 7.35. The molecule has 0 saturated carbocycles. The van der Waals surface area contributed by atoms with E-state index < -0.39 is 12.2 Å². The molecule has 0 radical (unpaired) electrons. The third-order valence-corrected chi connectivity index (χ3v) is 5.21. The molecule has 0 fully saturated rings. The van der Waals surface area contributed by atoms with Crippen molar-refractivity contribution in [3.63, 3.8) is 0 Å². The second kappa shape index (κ2) is 7.09. The Balaban J connectivity index is 1.61. The normalized spacial score (nSPS) is 15.2. The van der Waals surface area contributed by atoms with Gasteiger partial charge in [0.2, 0.25) is 6.23 Å². The van der Waals surface area contributed by atoms with Gasteiger partial charge >= 0.3 is 5.97 Å². The quantitative estimate of drug-likeness (QED) is 0.620. The monoisotopic (exact) mass is 402 g/mol. The van der Waals surface area contributed by atoms with Gasteiger partial charge in [-0.1, -0.05) is 23.7 Å². The Kier molecular flexibility index (Phi) is 4.63. The number of aromatic nitrogens is 1. The van der Waals surface area contributed by atoms with Gasteiger partial charge in [0.05, 0.1) is 19.9 Å². The molecule has 0 spiro atoms. The molecule has 0 amide bonds. The second-order valence-corrected chi connectivity index (χ2v) is 7.03. The maximum atomic E-state index is 12.3. The number of thiazole rings is 1. The van der Waals surface area contributed by atoms with E-state index in [4.69, 9.17) is 25.8 Å². The summed E-state index contributed by atoms with van der Waals surface area (Å²) in [5, 5.41) is 6.40. The zero-order valence-electron chi connectivity index (χ0n) is 14.5. The van der Waals surface area contributed by atoms with E-state index in [0.29, 0.717) is 32.8 Å². The van der Waals surface area contributed by atoms with Crippen molar-refractivity contribution in [2.24, 2.45) is 0 Å². The highest BCUT2D eigenvalue weighted by Crippen LogP contribution is 2.42. The van der Waals surface area contributed by atoms with Crippen LogP contribution in [-0.2, 0) is 4.74 Å². The van der Waals surface area contributed by atoms with Crippen LogP contribution in [0.5, 0.6) is 11.5 Å². The van der Waals surface area contributed by atoms with Gasteiger partial charge in [0.15, 0.2) is 16.6 Å². The average molecular weight is 403 g/mol. The Morgan fingerprint density at radius 3 is 2.63 bits per heavy atom. The largest absolute Gasteiger partial charge is 0.493 e. The van der Waals surface area contributed by atoms with Crippen LogP contribution in [0.2, 0.25) is 5.02 Å². The van der Waals surface area contributed by atoms with E-state index in [0.717, 1.165) is 11.3 Å². The van der Waals surface area contributed by atoms with Crippen molar-refractivity contribution >= 4 is 34.0 Å². The maximum Gasteiger partial charge on any atom is 0.344 e. The second-order valence-electron chi connectivity index (χ2n) is 5.74. The zero-order chi connectivity index (χ0) is 19.0. The van der Waals surface area contributed by atoms with Crippen molar-refractivity contribution in [2.75, 3.05) is 19.5 Å². The minimum Gasteiger partial charge on any atom is -0.493 e. The molecule has 27 heavy (non-hydrogen) atoms. The van der Waals surface area contributed by atoms with Crippen molar-refractivity contribution in [3.8, 4) is 22.8 Å². The summed E-state index contributed by atoms with van der Waals surface area (Å²) in [6.45, 7) is 0. The topological polar surface area (TPSA) is 69.7 Å². The Morgan fingerprint density at radius 2 is 1.93 bits per heavy atom. The highest BCUT2D eigenvalue weighted by molar-refractivity contribution is 7.14. The van der Waals surface area contributed by atoms with Crippen LogP contribution < -0.4 is 14.8 Å². The van der Waals surface area contributed by atoms with E-state index in [1.54, 1.807) is 12.1 Å². The summed E-state index contributed by atoms with van der Waals surface area (Å²) in [5.41, 5.74) is 2.82. The summed E-state index contributed by atoms with van der Waals surface area (Å²) in [6, 6.07) is 11.0. The van der Waals surface area contributed by atoms with Gasteiger partial charge < -0.3 is 19.5 Å². The van der Waals surface area contributed by atoms with E-state index >= 15 is 0 Å². The molecule has 2 heterocycles. The van der Waals surface area contributed by atoms with Crippen molar-refractivity contribution < 1.29 is 19.0 Å². The minimum atomic E-state index is -0.642. The maximum absolute atomic E-state index is 12.3. The van der Waals surface area contributed by atoms with E-state index in [1.165, 1.54) is 25.6 Å². The van der Waals surface area contributed by atoms with E-state index in [2.05, 4.69) is 10.3 Å². The van der Waals surface area contributed by atoms with E-state index in [-0.39, 0.29) is 0 Å². The zero-order valence-corrected chi connectivity index (χ0v) is 16.1. The third kappa shape index (κ3) is 3.20. The molecule has 2 aromatic carbocycles. The number of methoxy groups -OCH3 is 2. The van der Waals surface area contributed by atoms with Gasteiger partial charge in [-0.05, 0) is 24.3 Å². The van der Waals surface area contributed by atoms with Gasteiger partial charge in [0.1, 0.15) is 5.56 Å². The molecule has 1 N–H and O–H groups in total. The fourth-order valence-corrected chi connectivity index (χ4v) is 3.78. The Hall–Kier alpha value is -2.77. The molecular formula is C19H15ClN2O4S. The van der Waals surface area contributed by atoms with Gasteiger partial charge in [-0.2, -0.15) is 0 Å². The van der Waals surface area contributed by atoms with Crippen LogP contribution in [0.25, 0.3) is 11.3 Å². The number of nitrogens with one attached hydrogen (secondary N) is 1. The van der Waals surface area contributed by atoms with Gasteiger partial charge in [-0.25, -0.2) is 9.78 Å². The van der Waals surface area contributed by atoms with Crippen LogP contribution in [-0.4, -0.2) is 25.2 Å². The fraction of sp³-hybridized carbons (Fsp3) is 0.158. The van der Waals surface area contributed by atoms with Crippen LogP contribution in [0.15, 0.2) is 41.8 Å². The van der Waals surface area contributed by atoms with Crippen LogP contribution in [0.4, 0.5) is 5.13 Å². The number of cyclic esters (lactones) is 1. The first kappa shape index (κ1) is 17.6. The van der Waals surface area contributed by atoms with E-state index in [9.17, 15) is 4.79 Å². The number of rotatable bonds is 5. The summed E-state index contributed by atoms with van der Waals surface area (Å²) in [4.78, 5) is 16.9. The van der Waals surface area contributed by atoms with Gasteiger partial charge in [-0.3, -0.25) is 0 Å². The lowest BCUT2D eigenvalue weighted by molar-refractivity contribution is 0.0435. The number of nitrogens with zero attached hydrogens (tertiary/aromatic N) is 1. The van der Waals surface area contributed by atoms with E-state index in [1.807, 2.05) is 29.6 Å². The molecule has 138 valence electrons. The lowest BCUT2D eigenvalue weighted by Crippen LogP contribution is -2.10. The molecule has 1 atom stereocenters. The Morgan fingerprint density at radius 1 is 1.15 bits per heavy atom. The summed E-state index contributed by atoms with van der Waals surface area (Å²) in [5.74, 6) is 0.381. The molecule has 1 aliphatic heterocycles. The van der Waals surface area contributed by atoms with Gasteiger partial charge in [0, 0.05) is 21.5 Å². The number of hydrogen-bond donors (Lipinski definition) is 1. The lowest BCUT2D eigenvalue weighted by Gasteiger charge is -2.13. The van der Waals surface area contributed by atoms with Crippen molar-refractivity contribution in [3.05, 3.63) is 57.9 Å². The molecule has 3 aromatic rings. The first-order chi connectivity index (χ1) is 13.1. The predicted molar refractivity (Wildman–Crippen MR) is 104 cm³/mol. The first-order valence-corrected chi connectivity index (χ1v) is 9.30. The number of ether oxygens (including phenoxy) is 3. The van der Waals surface area contributed by atoms with Crippen molar-refractivity contribution in [1.29, 1.82) is 0 Å². The summed E-state index contributed by atoms with van der Waals surface area (Å²) in [7, 11) is 3.01. The average Bonchev–Trinajstić information content (AvgIpc) is 3.27. The number of anilines is 1. The first-order valence-electron chi connectivity index (χ1n) is 8.04.